The standard InChI is InChI=1S/C26H16F9N3O3S/c27-24(28,29)13-41-21-11-16(7-8-19(21)25(30,31)32)20-12-22(26(33,34)35)38-23(37-20)17-5-1-3-14(9-17)15-4-2-6-18(10-15)42(36,39)40/h1-12H,13H2,(H2,36,39,40). The minimum atomic E-state index is -5.13. The van der Waals surface area contributed by atoms with Crippen LogP contribution in [0.15, 0.2) is 77.7 Å². The summed E-state index contributed by atoms with van der Waals surface area (Å²) in [7, 11) is -4.07. The van der Waals surface area contributed by atoms with Crippen LogP contribution in [0.3, 0.4) is 0 Å². The first kappa shape index (κ1) is 30.8. The Balaban J connectivity index is 1.85. The molecule has 2 N–H and O–H groups in total. The third kappa shape index (κ3) is 7.36. The van der Waals surface area contributed by atoms with Gasteiger partial charge < -0.3 is 4.74 Å². The van der Waals surface area contributed by atoms with E-state index in [2.05, 4.69) is 14.7 Å². The predicted octanol–water partition coefficient (Wildman–Crippen LogP) is 7.10. The molecule has 0 saturated carbocycles. The normalized spacial score (nSPS) is 12.8. The molecule has 0 aliphatic heterocycles. The first-order valence-electron chi connectivity index (χ1n) is 11.4. The summed E-state index contributed by atoms with van der Waals surface area (Å²) >= 11 is 0. The van der Waals surface area contributed by atoms with Crippen molar-refractivity contribution in [2.75, 3.05) is 6.61 Å². The lowest BCUT2D eigenvalue weighted by Crippen LogP contribution is -2.21. The van der Waals surface area contributed by atoms with E-state index in [0.29, 0.717) is 29.3 Å². The molecule has 1 heterocycles. The lowest BCUT2D eigenvalue weighted by atomic mass is 10.0. The van der Waals surface area contributed by atoms with Gasteiger partial charge in [-0.1, -0.05) is 36.4 Å². The van der Waals surface area contributed by atoms with E-state index in [4.69, 9.17) is 5.14 Å². The number of hydrogen-bond acceptors (Lipinski definition) is 5. The van der Waals surface area contributed by atoms with Gasteiger partial charge in [0.1, 0.15) is 11.4 Å². The smallest absolute Gasteiger partial charge is 0.433 e. The topological polar surface area (TPSA) is 95.2 Å². The summed E-state index contributed by atoms with van der Waals surface area (Å²) in [6.45, 7) is -2.08. The molecule has 16 heteroatoms. The Bertz CT molecular complexity index is 1740. The molecule has 4 rings (SSSR count). The van der Waals surface area contributed by atoms with Crippen molar-refractivity contribution in [1.29, 1.82) is 0 Å². The number of benzene rings is 3. The maximum Gasteiger partial charge on any atom is 0.433 e. The SMILES string of the molecule is NS(=O)(=O)c1cccc(-c2cccc(-c3nc(-c4ccc(C(F)(F)F)c(OCC(F)(F)F)c4)cc(C(F)(F)F)n3)c2)c1. The Morgan fingerprint density at radius 3 is 1.90 bits per heavy atom. The van der Waals surface area contributed by atoms with Gasteiger partial charge in [-0.05, 0) is 47.5 Å². The van der Waals surface area contributed by atoms with Crippen LogP contribution in [0.2, 0.25) is 0 Å². The fourth-order valence-electron chi connectivity index (χ4n) is 3.75. The molecule has 0 bridgehead atoms. The van der Waals surface area contributed by atoms with Gasteiger partial charge >= 0.3 is 18.5 Å². The maximum atomic E-state index is 13.8. The quantitative estimate of drug-likeness (QED) is 0.232. The second kappa shape index (κ2) is 10.9. The van der Waals surface area contributed by atoms with E-state index in [0.717, 1.165) is 6.07 Å². The number of alkyl halides is 9. The molecule has 0 spiro atoms. The van der Waals surface area contributed by atoms with Crippen molar-refractivity contribution in [3.05, 3.63) is 84.1 Å². The highest BCUT2D eigenvalue weighted by molar-refractivity contribution is 7.89. The molecule has 0 aliphatic rings. The molecule has 0 atom stereocenters. The summed E-state index contributed by atoms with van der Waals surface area (Å²) in [6.07, 6.45) is -15.2. The lowest BCUT2D eigenvalue weighted by Gasteiger charge is -2.17. The summed E-state index contributed by atoms with van der Waals surface area (Å²) < 4.78 is 147. The minimum absolute atomic E-state index is 0.00122. The molecule has 6 nitrogen and oxygen atoms in total. The van der Waals surface area contributed by atoms with Gasteiger partial charge in [-0.3, -0.25) is 0 Å². The van der Waals surface area contributed by atoms with Gasteiger partial charge in [0.15, 0.2) is 12.4 Å². The highest BCUT2D eigenvalue weighted by Gasteiger charge is 2.37. The van der Waals surface area contributed by atoms with Gasteiger partial charge in [-0.15, -0.1) is 0 Å². The highest BCUT2D eigenvalue weighted by Crippen LogP contribution is 2.40. The van der Waals surface area contributed by atoms with Crippen LogP contribution in [0.5, 0.6) is 5.75 Å². The van der Waals surface area contributed by atoms with Crippen molar-refractivity contribution in [3.8, 4) is 39.5 Å². The number of sulfonamides is 1. The van der Waals surface area contributed by atoms with E-state index >= 15 is 0 Å². The van der Waals surface area contributed by atoms with Crippen molar-refractivity contribution in [2.24, 2.45) is 5.14 Å². The zero-order valence-corrected chi connectivity index (χ0v) is 21.5. The van der Waals surface area contributed by atoms with Crippen molar-refractivity contribution in [1.82, 2.24) is 9.97 Å². The molecule has 4 aromatic rings. The molecule has 42 heavy (non-hydrogen) atoms. The number of halogens is 9. The molecule has 0 amide bonds. The number of rotatable bonds is 6. The number of ether oxygens (including phenoxy) is 1. The molecule has 0 fully saturated rings. The van der Waals surface area contributed by atoms with E-state index in [1.807, 2.05) is 0 Å². The van der Waals surface area contributed by atoms with Crippen LogP contribution in [-0.2, 0) is 22.4 Å². The van der Waals surface area contributed by atoms with Gasteiger partial charge in [-0.2, -0.15) is 39.5 Å². The molecule has 3 aromatic carbocycles. The van der Waals surface area contributed by atoms with Crippen LogP contribution in [0.25, 0.3) is 33.8 Å². The molecule has 1 aromatic heterocycles. The van der Waals surface area contributed by atoms with Crippen molar-refractivity contribution in [3.63, 3.8) is 0 Å². The monoisotopic (exact) mass is 621 g/mol. The largest absolute Gasteiger partial charge is 0.483 e. The molecular weight excluding hydrogens is 605 g/mol. The molecular formula is C26H16F9N3O3S. The zero-order chi connectivity index (χ0) is 31.1. The molecule has 0 aliphatic carbocycles. The average Bonchev–Trinajstić information content (AvgIpc) is 2.90. The fraction of sp³-hybridized carbons (Fsp3) is 0.154. The van der Waals surface area contributed by atoms with Crippen LogP contribution in [0.4, 0.5) is 39.5 Å². The summed E-state index contributed by atoms with van der Waals surface area (Å²) in [4.78, 5) is 7.33. The number of nitrogens with zero attached hydrogens (tertiary/aromatic N) is 2. The molecule has 222 valence electrons. The highest BCUT2D eigenvalue weighted by atomic mass is 32.2. The van der Waals surface area contributed by atoms with Crippen LogP contribution >= 0.6 is 0 Å². The Labute approximate surface area is 231 Å². The van der Waals surface area contributed by atoms with Gasteiger partial charge in [0.25, 0.3) is 0 Å². The summed E-state index contributed by atoms with van der Waals surface area (Å²) in [5.41, 5.74) is -3.37. The predicted molar refractivity (Wildman–Crippen MR) is 131 cm³/mol. The molecule has 0 radical (unpaired) electrons. The van der Waals surface area contributed by atoms with E-state index in [-0.39, 0.29) is 10.5 Å². The van der Waals surface area contributed by atoms with E-state index < -0.39 is 69.2 Å². The van der Waals surface area contributed by atoms with Crippen molar-refractivity contribution >= 4 is 10.0 Å². The first-order chi connectivity index (χ1) is 19.3. The van der Waals surface area contributed by atoms with Gasteiger partial charge in [0.05, 0.1) is 16.2 Å². The van der Waals surface area contributed by atoms with E-state index in [9.17, 15) is 47.9 Å². The number of nitrogens with two attached hydrogens (primary N) is 1. The Hall–Kier alpha value is -4.18. The Kier molecular flexibility index (Phi) is 7.99. The van der Waals surface area contributed by atoms with E-state index in [1.54, 1.807) is 0 Å². The number of primary sulfonamides is 1. The van der Waals surface area contributed by atoms with Crippen LogP contribution < -0.4 is 9.88 Å². The second-order valence-corrected chi connectivity index (χ2v) is 10.3. The minimum Gasteiger partial charge on any atom is -0.483 e. The number of hydrogen-bond donors (Lipinski definition) is 1. The summed E-state index contributed by atoms with van der Waals surface area (Å²) in [5.74, 6) is -1.79. The van der Waals surface area contributed by atoms with E-state index in [1.165, 1.54) is 48.5 Å². The number of aromatic nitrogens is 2. The van der Waals surface area contributed by atoms with Crippen molar-refractivity contribution < 1.29 is 52.7 Å². The summed E-state index contributed by atoms with van der Waals surface area (Å²) in [5, 5.41) is 5.16. The fourth-order valence-corrected chi connectivity index (χ4v) is 4.31. The molecule has 0 saturated heterocycles. The van der Waals surface area contributed by atoms with Gasteiger partial charge in [0, 0.05) is 11.1 Å². The lowest BCUT2D eigenvalue weighted by molar-refractivity contribution is -0.158. The van der Waals surface area contributed by atoms with Crippen LogP contribution in [-0.4, -0.2) is 31.2 Å². The van der Waals surface area contributed by atoms with Gasteiger partial charge in [0.2, 0.25) is 10.0 Å². The molecule has 0 unspecified atom stereocenters. The van der Waals surface area contributed by atoms with Crippen molar-refractivity contribution in [2.45, 2.75) is 23.4 Å². The Morgan fingerprint density at radius 1 is 0.690 bits per heavy atom. The zero-order valence-electron chi connectivity index (χ0n) is 20.6. The second-order valence-electron chi connectivity index (χ2n) is 8.73. The maximum absolute atomic E-state index is 13.8. The third-order valence-corrected chi connectivity index (χ3v) is 6.52. The van der Waals surface area contributed by atoms with Crippen LogP contribution in [0.1, 0.15) is 11.3 Å². The third-order valence-electron chi connectivity index (χ3n) is 5.61. The van der Waals surface area contributed by atoms with Crippen LogP contribution in [0, 0.1) is 0 Å². The first-order valence-corrected chi connectivity index (χ1v) is 13.0. The average molecular weight is 621 g/mol. The summed E-state index contributed by atoms with van der Waals surface area (Å²) in [6, 6.07) is 13.0. The van der Waals surface area contributed by atoms with Gasteiger partial charge in [-0.25, -0.2) is 23.5 Å². The Morgan fingerprint density at radius 2 is 1.31 bits per heavy atom.